The molecule has 4 nitrogen and oxygen atoms in total. The van der Waals surface area contributed by atoms with Gasteiger partial charge in [0.25, 0.3) is 0 Å². The molecule has 2 saturated heterocycles. The second-order valence-corrected chi connectivity index (χ2v) is 9.88. The molecule has 24 heavy (non-hydrogen) atoms. The fourth-order valence-electron chi connectivity index (χ4n) is 7.53. The number of piperidine rings is 1. The van der Waals surface area contributed by atoms with Crippen LogP contribution in [0.25, 0.3) is 0 Å². The third-order valence-electron chi connectivity index (χ3n) is 8.13. The van der Waals surface area contributed by atoms with Crippen molar-refractivity contribution in [3.05, 3.63) is 0 Å². The number of hydrogen-bond acceptors (Lipinski definition) is 2. The highest BCUT2D eigenvalue weighted by Gasteiger charge is 2.54. The molecule has 6 bridgehead atoms. The van der Waals surface area contributed by atoms with Crippen molar-refractivity contribution in [3.8, 4) is 0 Å². The van der Waals surface area contributed by atoms with E-state index in [1.54, 1.807) is 0 Å². The first-order chi connectivity index (χ1) is 11.5. The molecule has 0 spiro atoms. The summed E-state index contributed by atoms with van der Waals surface area (Å²) in [6.45, 7) is 2.49. The molecule has 6 aliphatic rings. The minimum absolute atomic E-state index is 0.236. The van der Waals surface area contributed by atoms with Crippen molar-refractivity contribution in [3.63, 3.8) is 0 Å². The number of ether oxygens (including phenoxy) is 1. The molecule has 0 aromatic heterocycles. The van der Waals surface area contributed by atoms with Gasteiger partial charge in [0, 0.05) is 25.2 Å². The average Bonchev–Trinajstić information content (AvgIpc) is 2.79. The van der Waals surface area contributed by atoms with E-state index in [-0.39, 0.29) is 6.03 Å². The molecule has 0 aromatic carbocycles. The molecular weight excluding hydrogens is 300 g/mol. The van der Waals surface area contributed by atoms with E-state index in [0.717, 1.165) is 43.4 Å². The summed E-state index contributed by atoms with van der Waals surface area (Å²) in [5, 5.41) is 3.53. The molecule has 4 saturated carbocycles. The lowest BCUT2D eigenvalue weighted by Gasteiger charge is -2.59. The van der Waals surface area contributed by atoms with E-state index in [1.807, 2.05) is 7.11 Å². The molecule has 6 rings (SSSR count). The van der Waals surface area contributed by atoms with Crippen LogP contribution in [0.15, 0.2) is 0 Å². The highest BCUT2D eigenvalue weighted by molar-refractivity contribution is 5.76. The van der Waals surface area contributed by atoms with Gasteiger partial charge in [0.05, 0.1) is 6.10 Å². The van der Waals surface area contributed by atoms with Crippen LogP contribution in [0.5, 0.6) is 0 Å². The van der Waals surface area contributed by atoms with E-state index in [0.29, 0.717) is 29.6 Å². The molecule has 4 aliphatic carbocycles. The van der Waals surface area contributed by atoms with Gasteiger partial charge in [-0.15, -0.1) is 0 Å². The number of carbonyl (C=O) groups excluding carboxylic acids is 1. The zero-order valence-electron chi connectivity index (χ0n) is 15.2. The number of nitrogens with zero attached hydrogens (tertiary/aromatic N) is 1. The molecule has 5 atom stereocenters. The Morgan fingerprint density at radius 1 is 1.04 bits per heavy atom. The van der Waals surface area contributed by atoms with Crippen LogP contribution >= 0.6 is 0 Å². The molecule has 2 heterocycles. The number of urea groups is 1. The first-order valence-electron chi connectivity index (χ1n) is 10.2. The van der Waals surface area contributed by atoms with Crippen molar-refractivity contribution < 1.29 is 9.53 Å². The molecule has 1 N–H and O–H groups in total. The van der Waals surface area contributed by atoms with Gasteiger partial charge in [-0.2, -0.15) is 0 Å². The Morgan fingerprint density at radius 2 is 1.67 bits per heavy atom. The van der Waals surface area contributed by atoms with Crippen molar-refractivity contribution in [2.75, 3.05) is 7.11 Å². The van der Waals surface area contributed by atoms with Gasteiger partial charge in [0.2, 0.25) is 0 Å². The van der Waals surface area contributed by atoms with E-state index >= 15 is 0 Å². The lowest BCUT2D eigenvalue weighted by atomic mass is 9.48. The molecular formula is C20H32N2O2. The Morgan fingerprint density at radius 3 is 2.21 bits per heavy atom. The monoisotopic (exact) mass is 332 g/mol. The number of rotatable bonds is 2. The van der Waals surface area contributed by atoms with Gasteiger partial charge in [-0.1, -0.05) is 6.92 Å². The van der Waals surface area contributed by atoms with E-state index in [2.05, 4.69) is 17.1 Å². The maximum absolute atomic E-state index is 13.1. The van der Waals surface area contributed by atoms with Crippen molar-refractivity contribution in [1.82, 2.24) is 10.2 Å². The Labute approximate surface area is 145 Å². The van der Waals surface area contributed by atoms with Crippen LogP contribution in [0.2, 0.25) is 0 Å². The van der Waals surface area contributed by atoms with Crippen molar-refractivity contribution in [1.29, 1.82) is 0 Å². The van der Waals surface area contributed by atoms with E-state index in [9.17, 15) is 4.79 Å². The normalized spacial score (nSPS) is 51.9. The van der Waals surface area contributed by atoms with Crippen LogP contribution in [0.1, 0.15) is 64.7 Å². The topological polar surface area (TPSA) is 41.6 Å². The summed E-state index contributed by atoms with van der Waals surface area (Å²) in [5.41, 5.74) is 0.577. The molecule has 0 radical (unpaired) electrons. The highest BCUT2D eigenvalue weighted by Crippen LogP contribution is 2.59. The summed E-state index contributed by atoms with van der Waals surface area (Å²) in [4.78, 5) is 15.3. The zero-order valence-corrected chi connectivity index (χ0v) is 15.2. The van der Waals surface area contributed by atoms with Crippen LogP contribution < -0.4 is 5.32 Å². The van der Waals surface area contributed by atoms with Crippen molar-refractivity contribution in [2.45, 2.75) is 88.9 Å². The summed E-state index contributed by atoms with van der Waals surface area (Å²) < 4.78 is 5.58. The van der Waals surface area contributed by atoms with E-state index in [1.165, 1.54) is 32.1 Å². The molecule has 2 amide bonds. The van der Waals surface area contributed by atoms with Gasteiger partial charge in [-0.05, 0) is 81.0 Å². The Kier molecular flexibility index (Phi) is 3.46. The first kappa shape index (κ1) is 15.5. The number of carbonyl (C=O) groups is 1. The fourth-order valence-corrected chi connectivity index (χ4v) is 7.53. The predicted molar refractivity (Wildman–Crippen MR) is 92.7 cm³/mol. The molecule has 2 unspecified atom stereocenters. The summed E-state index contributed by atoms with van der Waals surface area (Å²) in [6.07, 6.45) is 11.6. The Bertz CT molecular complexity index is 506. The molecule has 134 valence electrons. The number of nitrogens with one attached hydrogen (secondary N) is 1. The van der Waals surface area contributed by atoms with Crippen molar-refractivity contribution in [2.24, 2.45) is 23.2 Å². The Hall–Kier alpha value is -0.770. The Balaban J connectivity index is 1.28. The summed E-state index contributed by atoms with van der Waals surface area (Å²) in [5.74, 6) is 2.41. The van der Waals surface area contributed by atoms with Gasteiger partial charge in [-0.3, -0.25) is 0 Å². The van der Waals surface area contributed by atoms with Crippen LogP contribution in [0.3, 0.4) is 0 Å². The lowest BCUT2D eigenvalue weighted by molar-refractivity contribution is -0.0652. The van der Waals surface area contributed by atoms with Crippen LogP contribution in [0, 0.1) is 23.2 Å². The minimum atomic E-state index is 0.236. The fraction of sp³-hybridized carbons (Fsp3) is 0.950. The standard InChI is InChI=1S/C20H32N2O2/c1-20-9-12-5-13(10-20)18(14(6-12)11-20)21-19(23)22-15-3-4-16(22)8-17(7-15)24-2/h12-18H,3-11H2,1-2H3,(H,21,23)/t12?,13?,14?,15-,16+,17-,18-,20+. The third kappa shape index (κ3) is 2.32. The lowest BCUT2D eigenvalue weighted by Crippen LogP contribution is -2.62. The zero-order chi connectivity index (χ0) is 16.5. The predicted octanol–water partition coefficient (Wildman–Crippen LogP) is 3.55. The minimum Gasteiger partial charge on any atom is -0.381 e. The number of hydrogen-bond donors (Lipinski definition) is 1. The van der Waals surface area contributed by atoms with Crippen LogP contribution in [-0.2, 0) is 4.74 Å². The maximum Gasteiger partial charge on any atom is 0.318 e. The summed E-state index contributed by atoms with van der Waals surface area (Å²) >= 11 is 0. The van der Waals surface area contributed by atoms with Crippen molar-refractivity contribution >= 4 is 6.03 Å². The molecule has 2 aliphatic heterocycles. The van der Waals surface area contributed by atoms with E-state index < -0.39 is 0 Å². The van der Waals surface area contributed by atoms with Gasteiger partial charge in [0.15, 0.2) is 0 Å². The number of amides is 2. The van der Waals surface area contributed by atoms with Gasteiger partial charge in [-0.25, -0.2) is 4.79 Å². The molecule has 0 aromatic rings. The maximum atomic E-state index is 13.1. The third-order valence-corrected chi connectivity index (χ3v) is 8.13. The molecule has 4 heteroatoms. The van der Waals surface area contributed by atoms with Gasteiger partial charge >= 0.3 is 6.03 Å². The summed E-state index contributed by atoms with van der Waals surface area (Å²) in [7, 11) is 1.81. The van der Waals surface area contributed by atoms with Crippen LogP contribution in [0.4, 0.5) is 4.79 Å². The quantitative estimate of drug-likeness (QED) is 0.840. The number of fused-ring (bicyclic) bond motifs is 2. The highest BCUT2D eigenvalue weighted by atomic mass is 16.5. The van der Waals surface area contributed by atoms with Gasteiger partial charge in [0.1, 0.15) is 0 Å². The number of methoxy groups -OCH3 is 1. The smallest absolute Gasteiger partial charge is 0.318 e. The largest absolute Gasteiger partial charge is 0.381 e. The summed E-state index contributed by atoms with van der Waals surface area (Å²) in [6, 6.07) is 1.49. The van der Waals surface area contributed by atoms with Crippen LogP contribution in [-0.4, -0.2) is 42.3 Å². The average molecular weight is 332 g/mol. The van der Waals surface area contributed by atoms with E-state index in [4.69, 9.17) is 4.74 Å². The van der Waals surface area contributed by atoms with Gasteiger partial charge < -0.3 is 15.0 Å². The second kappa shape index (κ2) is 5.36. The SMILES string of the molecule is CO[C@@H]1C[C@H]2CC[C@@H](C1)N2C(=O)N[C@H]1C2CC3CC1C[C@](C)(C3)C2. The second-order valence-electron chi connectivity index (χ2n) is 9.88. The molecule has 6 fully saturated rings. The first-order valence-corrected chi connectivity index (χ1v) is 10.2.